The van der Waals surface area contributed by atoms with Gasteiger partial charge in [0.2, 0.25) is 5.91 Å². The smallest absolute Gasteiger partial charge is 0.418 e. The van der Waals surface area contributed by atoms with Gasteiger partial charge in [0.1, 0.15) is 17.8 Å². The number of phenolic OH excluding ortho intramolecular Hbond substituents is 1. The van der Waals surface area contributed by atoms with Crippen LogP contribution in [0.5, 0.6) is 5.75 Å². The molecule has 1 aliphatic carbocycles. The molecule has 15 aromatic rings. The van der Waals surface area contributed by atoms with Gasteiger partial charge < -0.3 is 30.0 Å². The Bertz CT molecular complexity index is 6540. The third kappa shape index (κ3) is 14.1. The van der Waals surface area contributed by atoms with E-state index in [1.807, 2.05) is 90.6 Å². The predicted octanol–water partition coefficient (Wildman–Crippen LogP) is 16.6. The van der Waals surface area contributed by atoms with Crippen LogP contribution in [0.3, 0.4) is 0 Å². The Labute approximate surface area is 633 Å². The highest BCUT2D eigenvalue weighted by Gasteiger charge is 2.37. The summed E-state index contributed by atoms with van der Waals surface area (Å²) in [7, 11) is 0. The average Bonchev–Trinajstić information content (AvgIpc) is 0.893. The van der Waals surface area contributed by atoms with E-state index >= 15 is 0 Å². The number of fused-ring (bicyclic) bond motifs is 10. The second-order valence-electron chi connectivity index (χ2n) is 27.9. The van der Waals surface area contributed by atoms with Gasteiger partial charge in [0.05, 0.1) is 44.4 Å². The fourth-order valence-corrected chi connectivity index (χ4v) is 15.2. The van der Waals surface area contributed by atoms with Crippen molar-refractivity contribution < 1.29 is 27.5 Å². The number of piperazine rings is 2. The molecule has 0 bridgehead atoms. The standard InChI is InChI=1S/C32H25F3N6O2.C32H28N4O2.C25H18FN3O/c1-3-29(42)40-14-12-39(13-15-40)27-9-7-23(17-25(27)32(33,34)35)41-30(43)11-6-22-19-37-26-8-4-20(16-24(26)31(22)41)21-5-10-28(36-2)38-18-21;1-20-14-26(5-8-30(20)35-12-10-33-11-13-35)36-31(38)9-4-23-19-34-29-7-3-22(18-28(29)32(23)36)24-15-21-2-6-27(37)17-25(21)16-24;1-15-11-20(7-8-22(15)26)29-24(30)10-6-19-14-28-23-9-5-17(12-21(23)25(19)29)18-4-3-16(2)27-13-18/h4-11,16-19H,3,12-15H2,1H3;2-9,14,16-19,33,37H,10-13,15H2,1H3;3-14H,1-2H3. The minimum Gasteiger partial charge on any atom is -0.508 e. The van der Waals surface area contributed by atoms with Crippen molar-refractivity contribution in [2.45, 2.75) is 46.7 Å². The molecule has 10 heterocycles. The van der Waals surface area contributed by atoms with Crippen LogP contribution < -0.4 is 31.8 Å². The maximum atomic E-state index is 14.5. The topological polar surface area (TPSA) is 194 Å². The predicted molar refractivity (Wildman–Crippen MR) is 430 cm³/mol. The van der Waals surface area contributed by atoms with Crippen LogP contribution in [-0.4, -0.2) is 107 Å². The molecular formula is C89H71F4N13O5. The average molecular weight is 1480 g/mol. The molecule has 18 nitrogen and oxygen atoms in total. The van der Waals surface area contributed by atoms with Gasteiger partial charge in [0.15, 0.2) is 0 Å². The van der Waals surface area contributed by atoms with Gasteiger partial charge in [-0.25, -0.2) is 4.39 Å². The van der Waals surface area contributed by atoms with Crippen molar-refractivity contribution >= 4 is 100 Å². The summed E-state index contributed by atoms with van der Waals surface area (Å²) in [4.78, 5) is 83.0. The van der Waals surface area contributed by atoms with Crippen LogP contribution in [-0.2, 0) is 17.4 Å². The number of aromatic nitrogens is 8. The summed E-state index contributed by atoms with van der Waals surface area (Å²) in [5.41, 5.74) is 16.0. The highest BCUT2D eigenvalue weighted by molar-refractivity contribution is 6.08. The number of phenols is 1. The van der Waals surface area contributed by atoms with Crippen LogP contribution in [0.4, 0.5) is 34.8 Å². The van der Waals surface area contributed by atoms with Gasteiger partial charge in [-0.15, -0.1) is 4.98 Å². The number of aryl methyl sites for hydroxylation is 3. The lowest BCUT2D eigenvalue weighted by Crippen LogP contribution is -2.49. The molecule has 0 radical (unpaired) electrons. The number of alkyl halides is 3. The number of rotatable bonds is 9. The molecule has 2 aliphatic heterocycles. The number of benzene rings is 7. The van der Waals surface area contributed by atoms with Gasteiger partial charge >= 0.3 is 6.18 Å². The Balaban J connectivity index is 0.000000128. The van der Waals surface area contributed by atoms with E-state index in [0.717, 1.165) is 133 Å². The van der Waals surface area contributed by atoms with Gasteiger partial charge in [0, 0.05) is 174 Å². The number of nitrogens with zero attached hydrogens (tertiary/aromatic N) is 12. The van der Waals surface area contributed by atoms with Crippen molar-refractivity contribution in [1.29, 1.82) is 0 Å². The summed E-state index contributed by atoms with van der Waals surface area (Å²) in [6.07, 6.45) is 7.22. The third-order valence-electron chi connectivity index (χ3n) is 20.9. The van der Waals surface area contributed by atoms with E-state index in [0.29, 0.717) is 52.6 Å². The van der Waals surface area contributed by atoms with E-state index in [4.69, 9.17) is 11.6 Å². The second-order valence-corrected chi connectivity index (χ2v) is 27.9. The number of halogens is 4. The summed E-state index contributed by atoms with van der Waals surface area (Å²) in [5.74, 6) is 0.207. The molecule has 111 heavy (non-hydrogen) atoms. The Kier molecular flexibility index (Phi) is 19.1. The maximum absolute atomic E-state index is 14.5. The number of carbonyl (C=O) groups is 1. The van der Waals surface area contributed by atoms with E-state index in [-0.39, 0.29) is 58.9 Å². The molecule has 18 rings (SSSR count). The molecule has 0 spiro atoms. The van der Waals surface area contributed by atoms with E-state index in [1.165, 1.54) is 51.7 Å². The Morgan fingerprint density at radius 1 is 0.505 bits per heavy atom. The van der Waals surface area contributed by atoms with Crippen molar-refractivity contribution in [2.24, 2.45) is 0 Å². The third-order valence-corrected chi connectivity index (χ3v) is 20.9. The highest BCUT2D eigenvalue weighted by Crippen LogP contribution is 2.41. The first-order valence-corrected chi connectivity index (χ1v) is 36.4. The number of hydrogen-bond acceptors (Lipinski definition) is 13. The first-order chi connectivity index (χ1) is 53.7. The molecule has 0 unspecified atom stereocenters. The van der Waals surface area contributed by atoms with Crippen LogP contribution in [0, 0.1) is 33.2 Å². The molecule has 1 amide bonds. The monoisotopic (exact) mass is 1480 g/mol. The van der Waals surface area contributed by atoms with Crippen LogP contribution in [0.2, 0.25) is 0 Å². The fraction of sp³-hybridized carbons (Fsp3) is 0.169. The Morgan fingerprint density at radius 2 is 1.00 bits per heavy atom. The molecule has 2 saturated heterocycles. The molecule has 0 atom stereocenters. The van der Waals surface area contributed by atoms with Gasteiger partial charge in [-0.1, -0.05) is 56.0 Å². The zero-order chi connectivity index (χ0) is 76.9. The Morgan fingerprint density at radius 3 is 1.50 bits per heavy atom. The van der Waals surface area contributed by atoms with Gasteiger partial charge in [0.25, 0.3) is 22.5 Å². The highest BCUT2D eigenvalue weighted by atomic mass is 19.4. The number of amides is 1. The molecule has 7 aromatic carbocycles. The second kappa shape index (κ2) is 29.6. The Hall–Kier alpha value is -13.5. The van der Waals surface area contributed by atoms with E-state index in [9.17, 15) is 41.8 Å². The van der Waals surface area contributed by atoms with Crippen molar-refractivity contribution in [2.75, 3.05) is 62.2 Å². The lowest BCUT2D eigenvalue weighted by atomic mass is 10.0. The normalized spacial score (nSPS) is 13.6. The van der Waals surface area contributed by atoms with Crippen molar-refractivity contribution in [3.63, 3.8) is 0 Å². The lowest BCUT2D eigenvalue weighted by molar-refractivity contribution is -0.137. The minimum absolute atomic E-state index is 0.0114. The summed E-state index contributed by atoms with van der Waals surface area (Å²) < 4.78 is 62.1. The number of nitrogens with one attached hydrogen (secondary N) is 1. The van der Waals surface area contributed by atoms with E-state index in [1.54, 1.807) is 101 Å². The molecule has 8 aromatic heterocycles. The van der Waals surface area contributed by atoms with Gasteiger partial charge in [-0.2, -0.15) is 13.2 Å². The summed E-state index contributed by atoms with van der Waals surface area (Å²) >= 11 is 0. The van der Waals surface area contributed by atoms with Crippen LogP contribution in [0.25, 0.3) is 121 Å². The molecule has 2 fully saturated rings. The van der Waals surface area contributed by atoms with Crippen LogP contribution in [0.1, 0.15) is 52.4 Å². The van der Waals surface area contributed by atoms with Crippen molar-refractivity contribution in [3.8, 4) is 45.1 Å². The summed E-state index contributed by atoms with van der Waals surface area (Å²) in [5, 5.41) is 18.0. The van der Waals surface area contributed by atoms with E-state index in [2.05, 4.69) is 78.3 Å². The van der Waals surface area contributed by atoms with Gasteiger partial charge in [-0.3, -0.25) is 52.8 Å². The first kappa shape index (κ1) is 71.7. The quantitative estimate of drug-likeness (QED) is 0.0788. The fourth-order valence-electron chi connectivity index (χ4n) is 15.2. The number of carbonyl (C=O) groups excluding carboxylic acids is 1. The zero-order valence-electron chi connectivity index (χ0n) is 60.9. The molecular weight excluding hydrogens is 1410 g/mol. The largest absolute Gasteiger partial charge is 0.508 e. The van der Waals surface area contributed by atoms with E-state index < -0.39 is 17.3 Å². The number of aromatic hydroxyl groups is 1. The molecule has 22 heteroatoms. The lowest BCUT2D eigenvalue weighted by Gasteiger charge is -2.37. The van der Waals surface area contributed by atoms with Crippen LogP contribution in [0.15, 0.2) is 233 Å². The van der Waals surface area contributed by atoms with Crippen molar-refractivity contribution in [3.05, 3.63) is 306 Å². The number of pyridine rings is 8. The molecule has 2 N–H and O–H groups in total. The zero-order valence-corrected chi connectivity index (χ0v) is 60.9. The SMILES string of the molecule is Cc1cc(-n2c(=O)ccc3cnc4ccc(C5=Cc6cc(O)ccc6C5)cc4c32)ccc1N1CCNCC1.Cc1ccc(-c2ccc3ncc4ccc(=O)n(-c5ccc(F)c(C)c5)c4c3c2)cn1.[C-]#[N+]c1ccc(-c2ccc3ncc4ccc(=O)n(-c5ccc(N6CCN(C(=O)CC)CC6)c(C(F)(F)F)c5)c4c3c2)cn1. The summed E-state index contributed by atoms with van der Waals surface area (Å²) in [6, 6.07) is 55.3. The molecule has 0 saturated carbocycles. The number of hydrogen-bond donors (Lipinski definition) is 2. The molecule has 3 aliphatic rings. The number of allylic oxidation sites excluding steroid dienone is 1. The van der Waals surface area contributed by atoms with Crippen LogP contribution >= 0.6 is 0 Å². The number of anilines is 2. The molecule has 550 valence electrons. The van der Waals surface area contributed by atoms with Gasteiger partial charge in [-0.05, 0) is 205 Å². The van der Waals surface area contributed by atoms with Crippen molar-refractivity contribution in [1.82, 2.24) is 48.8 Å². The first-order valence-electron chi connectivity index (χ1n) is 36.4. The summed E-state index contributed by atoms with van der Waals surface area (Å²) in [6.45, 7) is 19.8. The maximum Gasteiger partial charge on any atom is 0.418 e. The minimum atomic E-state index is -4.68.